The van der Waals surface area contributed by atoms with Crippen molar-refractivity contribution in [2.45, 2.75) is 38.5 Å². The maximum atomic E-state index is 10.0. The molecule has 71 valence electrons. The minimum atomic E-state index is -0.784. The SMILES string of the molecule is O=C(O)CCCCCCC(=O)O.[Li]. The fourth-order valence-electron chi connectivity index (χ4n) is 0.906. The average molecular weight is 181 g/mol. The molecule has 0 bridgehead atoms. The summed E-state index contributed by atoms with van der Waals surface area (Å²) < 4.78 is 0. The molecule has 0 unspecified atom stereocenters. The summed E-state index contributed by atoms with van der Waals surface area (Å²) in [7, 11) is 0. The smallest absolute Gasteiger partial charge is 0.303 e. The topological polar surface area (TPSA) is 74.6 Å². The molecular formula is C8H14LiO4. The molecule has 5 heteroatoms. The van der Waals surface area contributed by atoms with E-state index in [-0.39, 0.29) is 31.7 Å². The molecule has 2 N–H and O–H groups in total. The molecule has 0 saturated heterocycles. The molecule has 0 aromatic heterocycles. The van der Waals surface area contributed by atoms with Crippen molar-refractivity contribution in [3.63, 3.8) is 0 Å². The molecule has 0 rings (SSSR count). The molecule has 0 fully saturated rings. The zero-order valence-corrected chi connectivity index (χ0v) is 7.95. The fraction of sp³-hybridized carbons (Fsp3) is 0.750. The summed E-state index contributed by atoms with van der Waals surface area (Å²) in [5.74, 6) is -1.57. The third-order valence-corrected chi connectivity index (χ3v) is 1.53. The van der Waals surface area contributed by atoms with Crippen molar-refractivity contribution in [3.05, 3.63) is 0 Å². The van der Waals surface area contributed by atoms with Crippen LogP contribution in [0.4, 0.5) is 0 Å². The van der Waals surface area contributed by atoms with E-state index in [1.165, 1.54) is 0 Å². The van der Waals surface area contributed by atoms with Crippen molar-refractivity contribution in [3.8, 4) is 0 Å². The molecule has 0 spiro atoms. The van der Waals surface area contributed by atoms with Crippen LogP contribution in [0.1, 0.15) is 38.5 Å². The Hall–Kier alpha value is -0.463. The quantitative estimate of drug-likeness (QED) is 0.455. The summed E-state index contributed by atoms with van der Waals surface area (Å²) in [6.07, 6.45) is 3.28. The van der Waals surface area contributed by atoms with E-state index in [4.69, 9.17) is 10.2 Å². The molecule has 0 aliphatic heterocycles. The molecular weight excluding hydrogens is 167 g/mol. The van der Waals surface area contributed by atoms with Crippen molar-refractivity contribution in [1.29, 1.82) is 0 Å². The summed E-state index contributed by atoms with van der Waals surface area (Å²) in [5, 5.41) is 16.5. The Bertz CT molecular complexity index is 140. The van der Waals surface area contributed by atoms with Crippen LogP contribution in [0.15, 0.2) is 0 Å². The van der Waals surface area contributed by atoms with Gasteiger partial charge in [-0.15, -0.1) is 0 Å². The Morgan fingerprint density at radius 2 is 1.08 bits per heavy atom. The van der Waals surface area contributed by atoms with Crippen molar-refractivity contribution in [1.82, 2.24) is 0 Å². The molecule has 0 atom stereocenters. The average Bonchev–Trinajstić information content (AvgIpc) is 1.95. The third kappa shape index (κ3) is 14.4. The molecule has 0 amide bonds. The molecule has 0 aliphatic carbocycles. The van der Waals surface area contributed by atoms with Gasteiger partial charge in [0.2, 0.25) is 0 Å². The number of carboxylic acids is 2. The molecule has 1 radical (unpaired) electrons. The maximum absolute atomic E-state index is 10.0. The summed E-state index contributed by atoms with van der Waals surface area (Å²) in [5.41, 5.74) is 0. The molecule has 4 nitrogen and oxygen atoms in total. The Morgan fingerprint density at radius 1 is 0.769 bits per heavy atom. The standard InChI is InChI=1S/C8H14O4.Li/c9-7(10)5-3-1-2-4-6-8(11)12;/h1-6H2,(H,9,10)(H,11,12);. The predicted molar refractivity (Wildman–Crippen MR) is 48.7 cm³/mol. The largest absolute Gasteiger partial charge is 0.481 e. The van der Waals surface area contributed by atoms with E-state index in [2.05, 4.69) is 0 Å². The van der Waals surface area contributed by atoms with Crippen molar-refractivity contribution in [2.24, 2.45) is 0 Å². The van der Waals surface area contributed by atoms with Crippen molar-refractivity contribution < 1.29 is 19.8 Å². The molecule has 0 aliphatic rings. The zero-order valence-electron chi connectivity index (χ0n) is 7.95. The van der Waals surface area contributed by atoms with E-state index in [1.807, 2.05) is 0 Å². The van der Waals surface area contributed by atoms with Crippen molar-refractivity contribution in [2.75, 3.05) is 0 Å². The Kier molecular flexibility index (Phi) is 11.1. The first kappa shape index (κ1) is 15.0. The second-order valence-corrected chi connectivity index (χ2v) is 2.70. The van der Waals surface area contributed by atoms with Crippen LogP contribution in [0.5, 0.6) is 0 Å². The van der Waals surface area contributed by atoms with Gasteiger partial charge in [0.15, 0.2) is 0 Å². The van der Waals surface area contributed by atoms with Crippen LogP contribution in [0.3, 0.4) is 0 Å². The monoisotopic (exact) mass is 181 g/mol. The second-order valence-electron chi connectivity index (χ2n) is 2.70. The van der Waals surface area contributed by atoms with Gasteiger partial charge in [0.1, 0.15) is 0 Å². The van der Waals surface area contributed by atoms with Gasteiger partial charge in [0.25, 0.3) is 0 Å². The summed E-state index contributed by atoms with van der Waals surface area (Å²) in [6.45, 7) is 0. The number of hydrogen-bond donors (Lipinski definition) is 2. The Balaban J connectivity index is 0. The summed E-state index contributed by atoms with van der Waals surface area (Å²) in [6, 6.07) is 0. The van der Waals surface area contributed by atoms with E-state index in [0.29, 0.717) is 12.8 Å². The normalized spacial score (nSPS) is 8.92. The molecule has 0 heterocycles. The molecule has 13 heavy (non-hydrogen) atoms. The van der Waals surface area contributed by atoms with Gasteiger partial charge >= 0.3 is 11.9 Å². The van der Waals surface area contributed by atoms with Gasteiger partial charge in [-0.3, -0.25) is 9.59 Å². The van der Waals surface area contributed by atoms with Crippen LogP contribution in [-0.2, 0) is 9.59 Å². The number of aliphatic carboxylic acids is 2. The first-order chi connectivity index (χ1) is 5.63. The Morgan fingerprint density at radius 3 is 1.31 bits per heavy atom. The van der Waals surface area contributed by atoms with E-state index < -0.39 is 11.9 Å². The number of rotatable bonds is 7. The summed E-state index contributed by atoms with van der Waals surface area (Å²) >= 11 is 0. The van der Waals surface area contributed by atoms with Crippen molar-refractivity contribution >= 4 is 30.8 Å². The van der Waals surface area contributed by atoms with Crippen LogP contribution in [0, 0.1) is 0 Å². The van der Waals surface area contributed by atoms with Crippen LogP contribution in [0.2, 0.25) is 0 Å². The second kappa shape index (κ2) is 9.62. The van der Waals surface area contributed by atoms with Gasteiger partial charge in [0, 0.05) is 31.7 Å². The number of carbonyl (C=O) groups is 2. The first-order valence-electron chi connectivity index (χ1n) is 4.06. The summed E-state index contributed by atoms with van der Waals surface area (Å²) in [4.78, 5) is 20.1. The fourth-order valence-corrected chi connectivity index (χ4v) is 0.906. The first-order valence-corrected chi connectivity index (χ1v) is 4.06. The van der Waals surface area contributed by atoms with Gasteiger partial charge in [-0.25, -0.2) is 0 Å². The number of hydrogen-bond acceptors (Lipinski definition) is 2. The third-order valence-electron chi connectivity index (χ3n) is 1.53. The van der Waals surface area contributed by atoms with E-state index >= 15 is 0 Å². The van der Waals surface area contributed by atoms with Gasteiger partial charge in [-0.1, -0.05) is 12.8 Å². The van der Waals surface area contributed by atoms with E-state index in [0.717, 1.165) is 12.8 Å². The van der Waals surface area contributed by atoms with Crippen LogP contribution < -0.4 is 0 Å². The van der Waals surface area contributed by atoms with E-state index in [1.54, 1.807) is 0 Å². The van der Waals surface area contributed by atoms with Gasteiger partial charge < -0.3 is 10.2 Å². The van der Waals surface area contributed by atoms with Gasteiger partial charge in [0.05, 0.1) is 0 Å². The predicted octanol–water partition coefficient (Wildman–Crippen LogP) is 1.12. The number of carboxylic acid groups (broad SMARTS) is 2. The van der Waals surface area contributed by atoms with Crippen LogP contribution >= 0.6 is 0 Å². The van der Waals surface area contributed by atoms with Crippen LogP contribution in [-0.4, -0.2) is 41.0 Å². The van der Waals surface area contributed by atoms with Crippen LogP contribution in [0.25, 0.3) is 0 Å². The van der Waals surface area contributed by atoms with Gasteiger partial charge in [-0.05, 0) is 12.8 Å². The molecule has 0 saturated carbocycles. The Labute approximate surface area is 89.5 Å². The zero-order chi connectivity index (χ0) is 9.40. The van der Waals surface area contributed by atoms with E-state index in [9.17, 15) is 9.59 Å². The molecule has 0 aromatic carbocycles. The number of unbranched alkanes of at least 4 members (excludes halogenated alkanes) is 3. The minimum Gasteiger partial charge on any atom is -0.481 e. The maximum Gasteiger partial charge on any atom is 0.303 e. The molecule has 0 aromatic rings. The minimum absolute atomic E-state index is 0. The van der Waals surface area contributed by atoms with Gasteiger partial charge in [-0.2, -0.15) is 0 Å².